The minimum Gasteiger partial charge on any atom is -0.492 e. The van der Waals surface area contributed by atoms with Crippen molar-refractivity contribution in [1.29, 1.82) is 0 Å². The van der Waals surface area contributed by atoms with Crippen molar-refractivity contribution in [1.82, 2.24) is 15.0 Å². The standard InChI is InChI=1S/C12H9F3N4O3/c1-22-11-8(16-2-3-17-11)10(21)19-7-4-6(12(13,14)15)5-18-9(7)20/h2-5H,1H3,(H,18,20)(H,19,21). The Morgan fingerprint density at radius 1 is 1.27 bits per heavy atom. The molecule has 7 nitrogen and oxygen atoms in total. The van der Waals surface area contributed by atoms with Crippen LogP contribution in [0.4, 0.5) is 18.9 Å². The van der Waals surface area contributed by atoms with E-state index in [0.717, 1.165) is 0 Å². The molecular weight excluding hydrogens is 305 g/mol. The van der Waals surface area contributed by atoms with Crippen LogP contribution in [0.3, 0.4) is 0 Å². The van der Waals surface area contributed by atoms with Crippen LogP contribution in [0.1, 0.15) is 16.1 Å². The molecule has 2 aromatic heterocycles. The number of alkyl halides is 3. The number of hydrogen-bond acceptors (Lipinski definition) is 6. The van der Waals surface area contributed by atoms with E-state index in [0.29, 0.717) is 12.3 Å². The third kappa shape index (κ3) is 3.22. The molecule has 2 heterocycles. The minimum absolute atomic E-state index is 0.112. The molecule has 0 radical (unpaired) electrons. The van der Waals surface area contributed by atoms with Gasteiger partial charge in [-0.1, -0.05) is 0 Å². The van der Waals surface area contributed by atoms with E-state index >= 15 is 0 Å². The molecule has 22 heavy (non-hydrogen) atoms. The van der Waals surface area contributed by atoms with Crippen LogP contribution in [0.2, 0.25) is 0 Å². The van der Waals surface area contributed by atoms with E-state index in [4.69, 9.17) is 4.74 Å². The molecule has 0 fully saturated rings. The molecule has 0 unspecified atom stereocenters. The van der Waals surface area contributed by atoms with Gasteiger partial charge < -0.3 is 15.2 Å². The van der Waals surface area contributed by atoms with Crippen LogP contribution in [0.25, 0.3) is 0 Å². The Balaban J connectivity index is 2.32. The highest BCUT2D eigenvalue weighted by atomic mass is 19.4. The van der Waals surface area contributed by atoms with E-state index < -0.39 is 29.2 Å². The highest BCUT2D eigenvalue weighted by Crippen LogP contribution is 2.33. The van der Waals surface area contributed by atoms with Crippen LogP contribution < -0.4 is 10.1 Å². The molecule has 116 valence electrons. The van der Waals surface area contributed by atoms with Gasteiger partial charge in [0.15, 0.2) is 5.69 Å². The Bertz CT molecular complexity index is 706. The van der Waals surface area contributed by atoms with Crippen molar-refractivity contribution in [2.75, 3.05) is 12.4 Å². The molecule has 1 amide bonds. The maximum atomic E-state index is 12.6. The Labute approximate surface area is 121 Å². The number of carbonyl (C=O) groups is 1. The lowest BCUT2D eigenvalue weighted by molar-refractivity contribution is -0.137. The van der Waals surface area contributed by atoms with Crippen LogP contribution in [-0.2, 0) is 6.18 Å². The Kier molecular flexibility index (Phi) is 4.11. The molecule has 2 aromatic rings. The molecule has 0 bridgehead atoms. The van der Waals surface area contributed by atoms with E-state index in [1.807, 2.05) is 0 Å². The van der Waals surface area contributed by atoms with Crippen molar-refractivity contribution in [3.8, 4) is 11.8 Å². The number of carbonyl (C=O) groups excluding carboxylic acids is 1. The summed E-state index contributed by atoms with van der Waals surface area (Å²) in [4.78, 5) is 22.6. The summed E-state index contributed by atoms with van der Waals surface area (Å²) in [6, 6.07) is 0.559. The highest BCUT2D eigenvalue weighted by Gasteiger charge is 2.32. The summed E-state index contributed by atoms with van der Waals surface area (Å²) in [6.07, 6.45) is -1.72. The maximum absolute atomic E-state index is 12.6. The highest BCUT2D eigenvalue weighted by molar-refractivity contribution is 6.04. The summed E-state index contributed by atoms with van der Waals surface area (Å²) in [6.45, 7) is 0. The Morgan fingerprint density at radius 3 is 2.59 bits per heavy atom. The largest absolute Gasteiger partial charge is 0.492 e. The van der Waals surface area contributed by atoms with Crippen molar-refractivity contribution >= 4 is 11.6 Å². The van der Waals surface area contributed by atoms with E-state index in [-0.39, 0.29) is 11.6 Å². The number of anilines is 1. The van der Waals surface area contributed by atoms with Gasteiger partial charge in [-0.2, -0.15) is 13.2 Å². The molecule has 0 aliphatic rings. The second-order valence-electron chi connectivity index (χ2n) is 3.96. The van der Waals surface area contributed by atoms with Gasteiger partial charge >= 0.3 is 6.18 Å². The number of amides is 1. The second-order valence-corrected chi connectivity index (χ2v) is 3.96. The van der Waals surface area contributed by atoms with Gasteiger partial charge in [-0.15, -0.1) is 0 Å². The number of methoxy groups -OCH3 is 1. The molecule has 0 atom stereocenters. The fourth-order valence-electron chi connectivity index (χ4n) is 1.52. The fraction of sp³-hybridized carbons (Fsp3) is 0.167. The zero-order chi connectivity index (χ0) is 16.3. The summed E-state index contributed by atoms with van der Waals surface area (Å²) in [7, 11) is 1.25. The van der Waals surface area contributed by atoms with Gasteiger partial charge in [-0.25, -0.2) is 15.0 Å². The molecule has 2 rings (SSSR count). The fourth-order valence-corrected chi connectivity index (χ4v) is 1.52. The first kappa shape index (κ1) is 15.5. The predicted octanol–water partition coefficient (Wildman–Crippen LogP) is 1.86. The molecule has 0 saturated heterocycles. The van der Waals surface area contributed by atoms with E-state index in [2.05, 4.69) is 20.3 Å². The lowest BCUT2D eigenvalue weighted by atomic mass is 10.2. The average molecular weight is 314 g/mol. The molecular formula is C12H9F3N4O3. The quantitative estimate of drug-likeness (QED) is 0.897. The van der Waals surface area contributed by atoms with Crippen molar-refractivity contribution in [3.63, 3.8) is 0 Å². The molecule has 0 aliphatic carbocycles. The zero-order valence-electron chi connectivity index (χ0n) is 11.0. The Morgan fingerprint density at radius 2 is 1.95 bits per heavy atom. The molecule has 2 N–H and O–H groups in total. The van der Waals surface area contributed by atoms with Gasteiger partial charge in [0.2, 0.25) is 11.8 Å². The van der Waals surface area contributed by atoms with Crippen LogP contribution >= 0.6 is 0 Å². The first-order chi connectivity index (χ1) is 10.3. The van der Waals surface area contributed by atoms with E-state index in [9.17, 15) is 23.1 Å². The second kappa shape index (κ2) is 5.84. The van der Waals surface area contributed by atoms with Crippen LogP contribution in [0, 0.1) is 0 Å². The van der Waals surface area contributed by atoms with Gasteiger partial charge in [-0.05, 0) is 6.07 Å². The van der Waals surface area contributed by atoms with Crippen molar-refractivity contribution < 1.29 is 27.8 Å². The minimum atomic E-state index is -4.66. The van der Waals surface area contributed by atoms with E-state index in [1.165, 1.54) is 19.5 Å². The van der Waals surface area contributed by atoms with Crippen LogP contribution in [0.5, 0.6) is 11.8 Å². The number of pyridine rings is 1. The number of aromatic hydroxyl groups is 1. The molecule has 10 heteroatoms. The van der Waals surface area contributed by atoms with Gasteiger partial charge in [0.05, 0.1) is 12.7 Å². The zero-order valence-corrected chi connectivity index (χ0v) is 11.0. The monoisotopic (exact) mass is 314 g/mol. The molecule has 0 saturated carbocycles. The lowest BCUT2D eigenvalue weighted by Gasteiger charge is -2.11. The third-order valence-electron chi connectivity index (χ3n) is 2.52. The molecule has 0 aromatic carbocycles. The Hall–Kier alpha value is -2.91. The lowest BCUT2D eigenvalue weighted by Crippen LogP contribution is -2.16. The van der Waals surface area contributed by atoms with Gasteiger partial charge in [-0.3, -0.25) is 4.79 Å². The summed E-state index contributed by atoms with van der Waals surface area (Å²) in [5, 5.41) is 11.5. The van der Waals surface area contributed by atoms with Gasteiger partial charge in [0, 0.05) is 18.6 Å². The summed E-state index contributed by atoms with van der Waals surface area (Å²) >= 11 is 0. The maximum Gasteiger partial charge on any atom is 0.417 e. The molecule has 0 spiro atoms. The number of halogens is 3. The normalized spacial score (nSPS) is 11.1. The number of rotatable bonds is 3. The number of nitrogens with one attached hydrogen (secondary N) is 1. The van der Waals surface area contributed by atoms with Crippen LogP contribution in [-0.4, -0.2) is 33.1 Å². The topological polar surface area (TPSA) is 97.2 Å². The SMILES string of the molecule is COc1nccnc1C(=O)Nc1cc(C(F)(F)F)cnc1O. The molecule has 0 aliphatic heterocycles. The number of nitrogens with zero attached hydrogens (tertiary/aromatic N) is 3. The summed E-state index contributed by atoms with van der Waals surface area (Å²) < 4.78 is 42.6. The smallest absolute Gasteiger partial charge is 0.417 e. The van der Waals surface area contributed by atoms with Crippen LogP contribution in [0.15, 0.2) is 24.7 Å². The predicted molar refractivity (Wildman–Crippen MR) is 67.4 cm³/mol. The van der Waals surface area contributed by atoms with Crippen molar-refractivity contribution in [3.05, 3.63) is 35.9 Å². The first-order valence-corrected chi connectivity index (χ1v) is 5.75. The summed E-state index contributed by atoms with van der Waals surface area (Å²) in [5.41, 5.74) is -1.87. The average Bonchev–Trinajstić information content (AvgIpc) is 2.48. The number of ether oxygens (including phenoxy) is 1. The van der Waals surface area contributed by atoms with Gasteiger partial charge in [0.25, 0.3) is 5.91 Å². The van der Waals surface area contributed by atoms with Gasteiger partial charge in [0.1, 0.15) is 5.69 Å². The number of hydrogen-bond donors (Lipinski definition) is 2. The first-order valence-electron chi connectivity index (χ1n) is 5.75. The summed E-state index contributed by atoms with van der Waals surface area (Å²) in [5.74, 6) is -1.77. The van der Waals surface area contributed by atoms with Crippen molar-refractivity contribution in [2.45, 2.75) is 6.18 Å². The van der Waals surface area contributed by atoms with E-state index in [1.54, 1.807) is 0 Å². The third-order valence-corrected chi connectivity index (χ3v) is 2.52. The van der Waals surface area contributed by atoms with Crippen molar-refractivity contribution in [2.24, 2.45) is 0 Å². The number of aromatic nitrogens is 3.